The second-order valence-corrected chi connectivity index (χ2v) is 4.47. The molecule has 0 bridgehead atoms. The van der Waals surface area contributed by atoms with E-state index in [-0.39, 0.29) is 0 Å². The molecule has 1 heterocycles. The van der Waals surface area contributed by atoms with Crippen molar-refractivity contribution in [2.75, 3.05) is 0 Å². The number of hydrogen-bond acceptors (Lipinski definition) is 1. The summed E-state index contributed by atoms with van der Waals surface area (Å²) >= 11 is 5.94. The molecule has 0 aliphatic heterocycles. The van der Waals surface area contributed by atoms with E-state index in [2.05, 4.69) is 34.7 Å². The average molecular weight is 221 g/mol. The van der Waals surface area contributed by atoms with Crippen molar-refractivity contribution in [3.8, 4) is 0 Å². The normalized spacial score (nSPS) is 16.1. The lowest BCUT2D eigenvalue weighted by Crippen LogP contribution is -1.99. The van der Waals surface area contributed by atoms with Gasteiger partial charge in [0.1, 0.15) is 5.82 Å². The van der Waals surface area contributed by atoms with Crippen LogP contribution < -0.4 is 0 Å². The van der Waals surface area contributed by atoms with Gasteiger partial charge < -0.3 is 4.57 Å². The maximum absolute atomic E-state index is 5.94. The lowest BCUT2D eigenvalue weighted by Gasteiger charge is -2.06. The van der Waals surface area contributed by atoms with Crippen molar-refractivity contribution < 1.29 is 0 Å². The monoisotopic (exact) mass is 220 g/mol. The largest absolute Gasteiger partial charge is 0.324 e. The van der Waals surface area contributed by atoms with Crippen LogP contribution in [0.25, 0.3) is 11.0 Å². The Kier molecular flexibility index (Phi) is 1.99. The van der Waals surface area contributed by atoms with Gasteiger partial charge in [-0.1, -0.05) is 12.1 Å². The van der Waals surface area contributed by atoms with Crippen LogP contribution in [0.1, 0.15) is 30.3 Å². The maximum atomic E-state index is 5.94. The predicted molar refractivity (Wildman–Crippen MR) is 62.3 cm³/mol. The van der Waals surface area contributed by atoms with Crippen molar-refractivity contribution in [1.82, 2.24) is 9.55 Å². The first-order valence-corrected chi connectivity index (χ1v) is 5.87. The SMILES string of the molecule is Cc1cccc2nc(CCl)n(C3CC3)c12. The van der Waals surface area contributed by atoms with E-state index < -0.39 is 0 Å². The minimum atomic E-state index is 0.505. The molecule has 1 aliphatic rings. The van der Waals surface area contributed by atoms with Gasteiger partial charge >= 0.3 is 0 Å². The van der Waals surface area contributed by atoms with Crippen molar-refractivity contribution in [3.05, 3.63) is 29.6 Å². The van der Waals surface area contributed by atoms with Crippen molar-refractivity contribution in [2.45, 2.75) is 31.7 Å². The predicted octanol–water partition coefficient (Wildman–Crippen LogP) is 3.42. The number of fused-ring (bicyclic) bond motifs is 1. The van der Waals surface area contributed by atoms with Crippen molar-refractivity contribution in [2.24, 2.45) is 0 Å². The Morgan fingerprint density at radius 1 is 1.47 bits per heavy atom. The Balaban J connectivity index is 2.35. The quantitative estimate of drug-likeness (QED) is 0.710. The Morgan fingerprint density at radius 3 is 2.93 bits per heavy atom. The fraction of sp³-hybridized carbons (Fsp3) is 0.417. The molecule has 1 aliphatic carbocycles. The summed E-state index contributed by atoms with van der Waals surface area (Å²) < 4.78 is 2.33. The lowest BCUT2D eigenvalue weighted by molar-refractivity contribution is 0.726. The summed E-state index contributed by atoms with van der Waals surface area (Å²) in [6.45, 7) is 2.14. The zero-order chi connectivity index (χ0) is 10.4. The minimum absolute atomic E-state index is 0.505. The molecule has 0 N–H and O–H groups in total. The van der Waals surface area contributed by atoms with Crippen LogP contribution in [0.15, 0.2) is 18.2 Å². The number of halogens is 1. The number of imidazole rings is 1. The summed E-state index contributed by atoms with van der Waals surface area (Å²) in [5.41, 5.74) is 3.65. The molecule has 78 valence electrons. The van der Waals surface area contributed by atoms with Gasteiger partial charge in [-0.05, 0) is 31.4 Å². The molecule has 3 rings (SSSR count). The molecule has 2 nitrogen and oxygen atoms in total. The maximum Gasteiger partial charge on any atom is 0.125 e. The summed E-state index contributed by atoms with van der Waals surface area (Å²) in [5, 5.41) is 0. The van der Waals surface area contributed by atoms with Crippen LogP contribution in [-0.4, -0.2) is 9.55 Å². The van der Waals surface area contributed by atoms with E-state index in [1.807, 2.05) is 0 Å². The van der Waals surface area contributed by atoms with Crippen LogP contribution in [-0.2, 0) is 5.88 Å². The van der Waals surface area contributed by atoms with Gasteiger partial charge in [-0.25, -0.2) is 4.98 Å². The van der Waals surface area contributed by atoms with Crippen molar-refractivity contribution in [1.29, 1.82) is 0 Å². The van der Waals surface area contributed by atoms with Gasteiger partial charge in [-0.2, -0.15) is 0 Å². The van der Waals surface area contributed by atoms with Crippen LogP contribution in [0.5, 0.6) is 0 Å². The van der Waals surface area contributed by atoms with E-state index in [0.717, 1.165) is 11.3 Å². The molecule has 2 aromatic rings. The second-order valence-electron chi connectivity index (χ2n) is 4.21. The fourth-order valence-corrected chi connectivity index (χ4v) is 2.38. The molecular weight excluding hydrogens is 208 g/mol. The molecule has 0 spiro atoms. The number of alkyl halides is 1. The molecular formula is C12H13ClN2. The van der Waals surface area contributed by atoms with E-state index in [9.17, 15) is 0 Å². The lowest BCUT2D eigenvalue weighted by atomic mass is 10.2. The Hall–Kier alpha value is -1.02. The van der Waals surface area contributed by atoms with Crippen LogP contribution in [0.3, 0.4) is 0 Å². The molecule has 1 saturated carbocycles. The van der Waals surface area contributed by atoms with Gasteiger partial charge in [0.05, 0.1) is 16.9 Å². The highest BCUT2D eigenvalue weighted by Gasteiger charge is 2.28. The smallest absolute Gasteiger partial charge is 0.125 e. The van der Waals surface area contributed by atoms with Gasteiger partial charge in [0.25, 0.3) is 0 Å². The molecule has 0 saturated heterocycles. The van der Waals surface area contributed by atoms with Gasteiger partial charge in [-0.3, -0.25) is 0 Å². The van der Waals surface area contributed by atoms with E-state index in [1.165, 1.54) is 23.9 Å². The first-order valence-electron chi connectivity index (χ1n) is 5.33. The van der Waals surface area contributed by atoms with Crippen LogP contribution in [0.4, 0.5) is 0 Å². The van der Waals surface area contributed by atoms with Crippen LogP contribution >= 0.6 is 11.6 Å². The Bertz CT molecular complexity index is 512. The standard InChI is InChI=1S/C12H13ClN2/c1-8-3-2-4-10-12(8)15(9-5-6-9)11(7-13)14-10/h2-4,9H,5-7H2,1H3. The molecule has 15 heavy (non-hydrogen) atoms. The molecule has 0 unspecified atom stereocenters. The molecule has 3 heteroatoms. The summed E-state index contributed by atoms with van der Waals surface area (Å²) in [7, 11) is 0. The first kappa shape index (κ1) is 9.22. The highest BCUT2D eigenvalue weighted by Crippen LogP contribution is 2.39. The Labute approximate surface area is 93.9 Å². The number of para-hydroxylation sites is 1. The van der Waals surface area contributed by atoms with Crippen LogP contribution in [0, 0.1) is 6.92 Å². The highest BCUT2D eigenvalue weighted by molar-refractivity contribution is 6.16. The zero-order valence-corrected chi connectivity index (χ0v) is 9.46. The number of hydrogen-bond donors (Lipinski definition) is 0. The van der Waals surface area contributed by atoms with Gasteiger partial charge in [0, 0.05) is 6.04 Å². The highest BCUT2D eigenvalue weighted by atomic mass is 35.5. The van der Waals surface area contributed by atoms with E-state index >= 15 is 0 Å². The summed E-state index contributed by atoms with van der Waals surface area (Å²) in [6, 6.07) is 6.91. The summed E-state index contributed by atoms with van der Waals surface area (Å²) in [4.78, 5) is 4.58. The van der Waals surface area contributed by atoms with E-state index in [0.29, 0.717) is 11.9 Å². The molecule has 0 amide bonds. The van der Waals surface area contributed by atoms with E-state index in [1.54, 1.807) is 0 Å². The molecule has 1 aromatic carbocycles. The van der Waals surface area contributed by atoms with Crippen molar-refractivity contribution in [3.63, 3.8) is 0 Å². The second kappa shape index (κ2) is 3.24. The number of aryl methyl sites for hydroxylation is 1. The minimum Gasteiger partial charge on any atom is -0.324 e. The third-order valence-electron chi connectivity index (χ3n) is 3.02. The number of aromatic nitrogens is 2. The van der Waals surface area contributed by atoms with Gasteiger partial charge in [-0.15, -0.1) is 11.6 Å². The average Bonchev–Trinajstić information content (AvgIpc) is 2.99. The fourth-order valence-electron chi connectivity index (χ4n) is 2.19. The third kappa shape index (κ3) is 1.36. The van der Waals surface area contributed by atoms with E-state index in [4.69, 9.17) is 11.6 Å². The topological polar surface area (TPSA) is 17.8 Å². The van der Waals surface area contributed by atoms with Crippen molar-refractivity contribution >= 4 is 22.6 Å². The Morgan fingerprint density at radius 2 is 2.27 bits per heavy atom. The third-order valence-corrected chi connectivity index (χ3v) is 3.26. The number of rotatable bonds is 2. The number of nitrogens with zero attached hydrogens (tertiary/aromatic N) is 2. The molecule has 0 atom stereocenters. The molecule has 1 fully saturated rings. The molecule has 0 radical (unpaired) electrons. The van der Waals surface area contributed by atoms with Crippen LogP contribution in [0.2, 0.25) is 0 Å². The molecule has 1 aromatic heterocycles. The van der Waals surface area contributed by atoms with Gasteiger partial charge in [0.15, 0.2) is 0 Å². The first-order chi connectivity index (χ1) is 7.31. The summed E-state index contributed by atoms with van der Waals surface area (Å²) in [6.07, 6.45) is 2.54. The van der Waals surface area contributed by atoms with Gasteiger partial charge in [0.2, 0.25) is 0 Å². The number of benzene rings is 1. The summed E-state index contributed by atoms with van der Waals surface area (Å²) in [5.74, 6) is 1.52. The zero-order valence-electron chi connectivity index (χ0n) is 8.70.